The van der Waals surface area contributed by atoms with Gasteiger partial charge in [0.15, 0.2) is 5.58 Å². The average molecular weight is 326 g/mol. The Labute approximate surface area is 137 Å². The van der Waals surface area contributed by atoms with Gasteiger partial charge in [-0.05, 0) is 38.2 Å². The van der Waals surface area contributed by atoms with E-state index in [1.807, 2.05) is 25.2 Å². The number of anilines is 1. The van der Waals surface area contributed by atoms with E-state index < -0.39 is 0 Å². The van der Waals surface area contributed by atoms with E-state index in [4.69, 9.17) is 4.42 Å². The van der Waals surface area contributed by atoms with Crippen molar-refractivity contribution in [3.05, 3.63) is 24.1 Å². The second-order valence-corrected chi connectivity index (χ2v) is 6.21. The summed E-state index contributed by atoms with van der Waals surface area (Å²) in [6.07, 6.45) is 1.33. The number of aromatic nitrogens is 1. The fourth-order valence-electron chi connectivity index (χ4n) is 1.98. The third-order valence-electron chi connectivity index (χ3n) is 3.14. The molecule has 0 radical (unpaired) electrons. The number of fused-ring (bicyclic) bond motifs is 1. The van der Waals surface area contributed by atoms with Gasteiger partial charge in [0.05, 0.1) is 0 Å². The monoisotopic (exact) mass is 325 g/mol. The highest BCUT2D eigenvalue weighted by Crippen LogP contribution is 2.27. The summed E-state index contributed by atoms with van der Waals surface area (Å²) in [6, 6.07) is 5.54. The van der Waals surface area contributed by atoms with Crippen LogP contribution in [0.5, 0.6) is 0 Å². The topological polar surface area (TPSA) is 67.2 Å². The van der Waals surface area contributed by atoms with Crippen LogP contribution in [0.25, 0.3) is 11.1 Å². The van der Waals surface area contributed by atoms with Crippen molar-refractivity contribution in [2.24, 2.45) is 0 Å². The molecule has 0 bridgehead atoms. The smallest absolute Gasteiger partial charge is 0.224 e. The van der Waals surface area contributed by atoms with Crippen molar-refractivity contribution < 1.29 is 9.21 Å². The number of halogens is 1. The van der Waals surface area contributed by atoms with Gasteiger partial charge >= 0.3 is 0 Å². The number of hydrogen-bond acceptors (Lipinski definition) is 4. The molecular formula is C16H24ClN3O2. The molecule has 0 saturated heterocycles. The third kappa shape index (κ3) is 4.71. The van der Waals surface area contributed by atoms with Gasteiger partial charge in [0.2, 0.25) is 11.8 Å². The Balaban J connectivity index is 0.00000242. The van der Waals surface area contributed by atoms with Crippen LogP contribution in [0.15, 0.2) is 22.6 Å². The van der Waals surface area contributed by atoms with Gasteiger partial charge in [0.1, 0.15) is 5.52 Å². The van der Waals surface area contributed by atoms with Gasteiger partial charge in [0.25, 0.3) is 0 Å². The van der Waals surface area contributed by atoms with Crippen LogP contribution in [0.3, 0.4) is 0 Å². The molecule has 1 heterocycles. The Morgan fingerprint density at radius 3 is 2.68 bits per heavy atom. The summed E-state index contributed by atoms with van der Waals surface area (Å²) in [6.45, 7) is 7.01. The number of nitrogens with zero attached hydrogens (tertiary/aromatic N) is 1. The molecule has 1 amide bonds. The second-order valence-electron chi connectivity index (χ2n) is 6.21. The van der Waals surface area contributed by atoms with Gasteiger partial charge in [-0.2, -0.15) is 0 Å². The molecule has 2 rings (SSSR count). The lowest BCUT2D eigenvalue weighted by atomic mass is 9.97. The Kier molecular flexibility index (Phi) is 6.38. The lowest BCUT2D eigenvalue weighted by Crippen LogP contribution is -2.15. The number of hydrogen-bond donors (Lipinski definition) is 2. The van der Waals surface area contributed by atoms with Crippen LogP contribution in [0.2, 0.25) is 0 Å². The standard InChI is InChI=1S/C16H23N3O2.ClH/c1-16(2,3)15-19-12-10-11(7-8-13(12)21-15)18-14(20)6-5-9-17-4;/h7-8,10,17H,5-6,9H2,1-4H3,(H,18,20);1H. The predicted molar refractivity (Wildman–Crippen MR) is 91.7 cm³/mol. The molecule has 1 aromatic carbocycles. The summed E-state index contributed by atoms with van der Waals surface area (Å²) in [7, 11) is 1.88. The fourth-order valence-corrected chi connectivity index (χ4v) is 1.98. The lowest BCUT2D eigenvalue weighted by Gasteiger charge is -2.11. The van der Waals surface area contributed by atoms with Crippen LogP contribution in [0, 0.1) is 0 Å². The van der Waals surface area contributed by atoms with Crippen LogP contribution in [0.1, 0.15) is 39.5 Å². The summed E-state index contributed by atoms with van der Waals surface area (Å²) >= 11 is 0. The van der Waals surface area contributed by atoms with Crippen molar-refractivity contribution in [2.75, 3.05) is 18.9 Å². The van der Waals surface area contributed by atoms with E-state index in [1.165, 1.54) is 0 Å². The summed E-state index contributed by atoms with van der Waals surface area (Å²) < 4.78 is 5.74. The molecule has 2 N–H and O–H groups in total. The number of carbonyl (C=O) groups excluding carboxylic acids is 1. The van der Waals surface area contributed by atoms with Crippen molar-refractivity contribution in [2.45, 2.75) is 39.0 Å². The number of rotatable bonds is 5. The average Bonchev–Trinajstić information content (AvgIpc) is 2.82. The van der Waals surface area contributed by atoms with E-state index in [0.29, 0.717) is 12.3 Å². The van der Waals surface area contributed by atoms with E-state index in [2.05, 4.69) is 36.4 Å². The molecular weight excluding hydrogens is 302 g/mol. The number of carbonyl (C=O) groups is 1. The van der Waals surface area contributed by atoms with Crippen LogP contribution in [-0.4, -0.2) is 24.5 Å². The SMILES string of the molecule is CNCCCC(=O)Nc1ccc2oc(C(C)(C)C)nc2c1.Cl. The van der Waals surface area contributed by atoms with Gasteiger partial charge in [0, 0.05) is 17.5 Å². The molecule has 0 saturated carbocycles. The van der Waals surface area contributed by atoms with E-state index >= 15 is 0 Å². The quantitative estimate of drug-likeness (QED) is 0.826. The van der Waals surface area contributed by atoms with Crippen LogP contribution in [0.4, 0.5) is 5.69 Å². The van der Waals surface area contributed by atoms with Crippen molar-refractivity contribution in [3.8, 4) is 0 Å². The molecule has 5 nitrogen and oxygen atoms in total. The molecule has 22 heavy (non-hydrogen) atoms. The molecule has 0 aliphatic carbocycles. The van der Waals surface area contributed by atoms with Gasteiger partial charge in [-0.15, -0.1) is 12.4 Å². The molecule has 0 atom stereocenters. The zero-order valence-corrected chi connectivity index (χ0v) is 14.3. The normalized spacial score (nSPS) is 11.3. The Hall–Kier alpha value is -1.59. The summed E-state index contributed by atoms with van der Waals surface area (Å²) in [5.41, 5.74) is 2.14. The first kappa shape index (κ1) is 18.5. The minimum absolute atomic E-state index is 0. The first-order valence-electron chi connectivity index (χ1n) is 7.25. The molecule has 0 fully saturated rings. The summed E-state index contributed by atoms with van der Waals surface area (Å²) in [5.74, 6) is 0.721. The summed E-state index contributed by atoms with van der Waals surface area (Å²) in [5, 5.41) is 5.92. The number of oxazole rings is 1. The minimum Gasteiger partial charge on any atom is -0.440 e. The van der Waals surface area contributed by atoms with Gasteiger partial charge in [-0.1, -0.05) is 20.8 Å². The molecule has 6 heteroatoms. The number of benzene rings is 1. The molecule has 0 unspecified atom stereocenters. The Bertz CT molecular complexity index is 632. The van der Waals surface area contributed by atoms with Gasteiger partial charge in [-0.3, -0.25) is 4.79 Å². The van der Waals surface area contributed by atoms with Crippen molar-refractivity contribution in [1.29, 1.82) is 0 Å². The number of nitrogens with one attached hydrogen (secondary N) is 2. The van der Waals surface area contributed by atoms with E-state index in [1.54, 1.807) is 0 Å². The predicted octanol–water partition coefficient (Wildman–Crippen LogP) is 3.49. The number of amides is 1. The highest BCUT2D eigenvalue weighted by atomic mass is 35.5. The maximum atomic E-state index is 11.8. The first-order chi connectivity index (χ1) is 9.90. The van der Waals surface area contributed by atoms with Gasteiger partial charge < -0.3 is 15.1 Å². The van der Waals surface area contributed by atoms with E-state index in [-0.39, 0.29) is 23.7 Å². The van der Waals surface area contributed by atoms with Crippen molar-refractivity contribution in [1.82, 2.24) is 10.3 Å². The van der Waals surface area contributed by atoms with Crippen LogP contribution < -0.4 is 10.6 Å². The zero-order valence-electron chi connectivity index (χ0n) is 13.5. The minimum atomic E-state index is -0.129. The highest BCUT2D eigenvalue weighted by Gasteiger charge is 2.21. The molecule has 2 aromatic rings. The Morgan fingerprint density at radius 2 is 2.05 bits per heavy atom. The zero-order chi connectivity index (χ0) is 15.5. The Morgan fingerprint density at radius 1 is 1.32 bits per heavy atom. The molecule has 0 aliphatic rings. The molecule has 0 spiro atoms. The molecule has 1 aromatic heterocycles. The van der Waals surface area contributed by atoms with E-state index in [9.17, 15) is 4.79 Å². The van der Waals surface area contributed by atoms with Crippen LogP contribution >= 0.6 is 12.4 Å². The maximum absolute atomic E-state index is 11.8. The highest BCUT2D eigenvalue weighted by molar-refractivity contribution is 5.92. The largest absolute Gasteiger partial charge is 0.440 e. The van der Waals surface area contributed by atoms with Crippen molar-refractivity contribution >= 4 is 35.1 Å². The second kappa shape index (κ2) is 7.61. The molecule has 0 aliphatic heterocycles. The molecule has 122 valence electrons. The van der Waals surface area contributed by atoms with E-state index in [0.717, 1.165) is 29.8 Å². The maximum Gasteiger partial charge on any atom is 0.224 e. The third-order valence-corrected chi connectivity index (χ3v) is 3.14. The van der Waals surface area contributed by atoms with Gasteiger partial charge in [-0.25, -0.2) is 4.98 Å². The van der Waals surface area contributed by atoms with Crippen molar-refractivity contribution in [3.63, 3.8) is 0 Å². The van der Waals surface area contributed by atoms with Crippen LogP contribution in [-0.2, 0) is 10.2 Å². The lowest BCUT2D eigenvalue weighted by molar-refractivity contribution is -0.116. The fraction of sp³-hybridized carbons (Fsp3) is 0.500. The first-order valence-corrected chi connectivity index (χ1v) is 7.25. The summed E-state index contributed by atoms with van der Waals surface area (Å²) in [4.78, 5) is 16.3.